The number of carbonyl (C=O) groups is 3. The van der Waals surface area contributed by atoms with Crippen LogP contribution < -0.4 is 5.32 Å². The van der Waals surface area contributed by atoms with Crippen LogP contribution in [0.1, 0.15) is 27.0 Å². The molecule has 4 aromatic carbocycles. The first-order chi connectivity index (χ1) is 23.6. The van der Waals surface area contributed by atoms with Gasteiger partial charge in [-0.25, -0.2) is 8.42 Å². The van der Waals surface area contributed by atoms with Crippen LogP contribution in [0, 0.1) is 28.9 Å². The summed E-state index contributed by atoms with van der Waals surface area (Å²) in [6.45, 7) is 1.93. The lowest BCUT2D eigenvalue weighted by molar-refractivity contribution is -0.387. The minimum Gasteiger partial charge on any atom is -0.350 e. The maximum atomic E-state index is 14.8. The van der Waals surface area contributed by atoms with Gasteiger partial charge in [-0.05, 0) is 24.1 Å². The van der Waals surface area contributed by atoms with Crippen molar-refractivity contribution in [1.82, 2.24) is 14.5 Å². The van der Waals surface area contributed by atoms with Crippen molar-refractivity contribution in [2.45, 2.75) is 42.5 Å². The van der Waals surface area contributed by atoms with E-state index in [9.17, 15) is 32.9 Å². The molecule has 2 amide bonds. The number of rotatable bonds is 10. The van der Waals surface area contributed by atoms with Gasteiger partial charge in [-0.15, -0.1) is 0 Å². The van der Waals surface area contributed by atoms with Crippen molar-refractivity contribution in [1.29, 1.82) is 0 Å². The first-order valence-corrected chi connectivity index (χ1v) is 17.2. The van der Waals surface area contributed by atoms with Crippen molar-refractivity contribution in [3.05, 3.63) is 154 Å². The molecule has 3 aliphatic heterocycles. The predicted molar refractivity (Wildman–Crippen MR) is 179 cm³/mol. The zero-order chi connectivity index (χ0) is 34.5. The Morgan fingerprint density at radius 3 is 2.14 bits per heavy atom. The van der Waals surface area contributed by atoms with Crippen LogP contribution in [0.2, 0.25) is 0 Å². The Bertz CT molecular complexity index is 2110. The second-order valence-corrected chi connectivity index (χ2v) is 14.3. The molecule has 2 saturated heterocycles. The van der Waals surface area contributed by atoms with Gasteiger partial charge < -0.3 is 10.2 Å². The van der Waals surface area contributed by atoms with Crippen LogP contribution >= 0.6 is 0 Å². The summed E-state index contributed by atoms with van der Waals surface area (Å²) >= 11 is 0. The van der Waals surface area contributed by atoms with Crippen molar-refractivity contribution in [3.63, 3.8) is 0 Å². The van der Waals surface area contributed by atoms with Crippen LogP contribution in [0.15, 0.2) is 126 Å². The number of carbonyl (C=O) groups excluding carboxylic acids is 3. The van der Waals surface area contributed by atoms with Crippen molar-refractivity contribution in [2.75, 3.05) is 0 Å². The number of Topliss-reactive ketones (excluding diaryl/α,β-unsaturated/α-hetero) is 1. The fourth-order valence-corrected chi connectivity index (χ4v) is 9.72. The fraction of sp³-hybridized carbons (Fsp3) is 0.216. The van der Waals surface area contributed by atoms with E-state index in [4.69, 9.17) is 0 Å². The summed E-state index contributed by atoms with van der Waals surface area (Å²) in [7, 11) is -4.80. The third kappa shape index (κ3) is 5.15. The molecule has 3 heterocycles. The Labute approximate surface area is 283 Å². The summed E-state index contributed by atoms with van der Waals surface area (Å²) in [4.78, 5) is 55.8. The molecular formula is C37H32N4O7S. The molecule has 5 atom stereocenters. The Kier molecular flexibility index (Phi) is 8.00. The largest absolute Gasteiger partial charge is 0.350 e. The molecule has 0 aliphatic carbocycles. The summed E-state index contributed by atoms with van der Waals surface area (Å²) in [6, 6.07) is 27.3. The third-order valence-electron chi connectivity index (χ3n) is 9.73. The van der Waals surface area contributed by atoms with Gasteiger partial charge in [0.1, 0.15) is 6.04 Å². The van der Waals surface area contributed by atoms with E-state index < -0.39 is 72.6 Å². The van der Waals surface area contributed by atoms with E-state index in [1.807, 2.05) is 43.3 Å². The predicted octanol–water partition coefficient (Wildman–Crippen LogP) is 4.43. The van der Waals surface area contributed by atoms with Crippen LogP contribution in [-0.4, -0.2) is 57.8 Å². The zero-order valence-electron chi connectivity index (χ0n) is 26.4. The number of sulfonamides is 1. The Balaban J connectivity index is 1.42. The van der Waals surface area contributed by atoms with Crippen LogP contribution in [0.3, 0.4) is 0 Å². The summed E-state index contributed by atoms with van der Waals surface area (Å²) in [5.41, 5.74) is 0.147. The molecule has 49 heavy (non-hydrogen) atoms. The van der Waals surface area contributed by atoms with Gasteiger partial charge in [0.2, 0.25) is 11.8 Å². The highest BCUT2D eigenvalue weighted by Crippen LogP contribution is 2.59. The van der Waals surface area contributed by atoms with E-state index in [0.717, 1.165) is 27.6 Å². The van der Waals surface area contributed by atoms with E-state index in [1.54, 1.807) is 60.7 Å². The Hall–Kier alpha value is -5.46. The quantitative estimate of drug-likeness (QED) is 0.113. The lowest BCUT2D eigenvalue weighted by Crippen LogP contribution is -2.61. The van der Waals surface area contributed by atoms with Crippen molar-refractivity contribution in [3.8, 4) is 0 Å². The second-order valence-electron chi connectivity index (χ2n) is 12.6. The maximum Gasteiger partial charge on any atom is 0.289 e. The van der Waals surface area contributed by atoms with Gasteiger partial charge >= 0.3 is 0 Å². The number of hydrogen-bond acceptors (Lipinski definition) is 7. The normalized spacial score (nSPS) is 24.2. The van der Waals surface area contributed by atoms with E-state index in [0.29, 0.717) is 5.56 Å². The number of ketones is 1. The molecule has 1 spiro atoms. The number of fused-ring (bicyclic) bond motifs is 1. The number of nitro groups is 1. The van der Waals surface area contributed by atoms with Crippen LogP contribution in [-0.2, 0) is 32.7 Å². The van der Waals surface area contributed by atoms with Crippen molar-refractivity contribution >= 4 is 33.3 Å². The number of hydrogen-bond donors (Lipinski definition) is 1. The number of benzene rings is 4. The van der Waals surface area contributed by atoms with Gasteiger partial charge in [0.25, 0.3) is 15.7 Å². The maximum absolute atomic E-state index is 14.8. The molecular weight excluding hydrogens is 644 g/mol. The van der Waals surface area contributed by atoms with Crippen LogP contribution in [0.4, 0.5) is 5.69 Å². The number of amides is 2. The molecule has 1 N–H and O–H groups in total. The zero-order valence-corrected chi connectivity index (χ0v) is 27.2. The average Bonchev–Trinajstić information content (AvgIpc) is 3.72. The Morgan fingerprint density at radius 2 is 1.49 bits per heavy atom. The summed E-state index contributed by atoms with van der Waals surface area (Å²) in [5, 5.41) is 15.0. The smallest absolute Gasteiger partial charge is 0.289 e. The molecule has 0 aromatic heterocycles. The average molecular weight is 677 g/mol. The highest BCUT2D eigenvalue weighted by Gasteiger charge is 2.77. The van der Waals surface area contributed by atoms with E-state index in [-0.39, 0.29) is 18.7 Å². The summed E-state index contributed by atoms with van der Waals surface area (Å²) in [5.74, 6) is -4.12. The van der Waals surface area contributed by atoms with Gasteiger partial charge in [0.15, 0.2) is 10.7 Å². The summed E-state index contributed by atoms with van der Waals surface area (Å²) < 4.78 is 30.7. The SMILES string of the molecule is Cc1ccc(C(=O)C2C3C=CC4(C2C(=O)N(Cc2ccccc2)[C@H]4C(=O)NCc2ccccc2)N3S(=O)(=O)c2ccccc2[N+](=O)[O-])cc1. The highest BCUT2D eigenvalue weighted by atomic mass is 32.2. The number of para-hydroxylation sites is 1. The number of likely N-dealkylation sites (tertiary alicyclic amines) is 1. The molecule has 11 nitrogen and oxygen atoms in total. The minimum absolute atomic E-state index is 0.0370. The minimum atomic E-state index is -4.80. The molecule has 12 heteroatoms. The van der Waals surface area contributed by atoms with E-state index in [2.05, 4.69) is 5.32 Å². The van der Waals surface area contributed by atoms with Gasteiger partial charge in [-0.2, -0.15) is 4.31 Å². The molecule has 4 unspecified atom stereocenters. The Morgan fingerprint density at radius 1 is 0.878 bits per heavy atom. The standard InChI is InChI=1S/C37H32N4O7S/c1-24-16-18-27(19-17-24)33(42)31-29-20-21-37(40(29)49(47,48)30-15-9-8-14-28(30)41(45)46)32(31)36(44)39(23-26-12-6-3-7-13-26)34(37)35(43)38-22-25-10-4-2-5-11-25/h2-21,29,31-32,34H,22-23H2,1H3,(H,38,43)/t29?,31?,32?,34-,37?/m0/s1. The van der Waals surface area contributed by atoms with Crippen LogP contribution in [0.25, 0.3) is 0 Å². The molecule has 7 rings (SSSR count). The van der Waals surface area contributed by atoms with Gasteiger partial charge in [-0.1, -0.05) is 115 Å². The molecule has 0 saturated carbocycles. The van der Waals surface area contributed by atoms with Gasteiger partial charge in [0, 0.05) is 24.7 Å². The summed E-state index contributed by atoms with van der Waals surface area (Å²) in [6.07, 6.45) is 3.10. The number of nitro benzene ring substituents is 1. The molecule has 4 aromatic rings. The fourth-order valence-electron chi connectivity index (χ4n) is 7.64. The third-order valence-corrected chi connectivity index (χ3v) is 11.7. The van der Waals surface area contributed by atoms with Crippen molar-refractivity contribution < 1.29 is 27.7 Å². The van der Waals surface area contributed by atoms with E-state index >= 15 is 0 Å². The first kappa shape index (κ1) is 32.1. The molecule has 2 fully saturated rings. The second kappa shape index (κ2) is 12.2. The number of aryl methyl sites for hydroxylation is 1. The van der Waals surface area contributed by atoms with Gasteiger partial charge in [-0.3, -0.25) is 24.5 Å². The number of nitrogens with zero attached hydrogens (tertiary/aromatic N) is 3. The lowest BCUT2D eigenvalue weighted by Gasteiger charge is -2.38. The molecule has 2 bridgehead atoms. The lowest BCUT2D eigenvalue weighted by atomic mass is 9.71. The van der Waals surface area contributed by atoms with Gasteiger partial charge in [0.05, 0.1) is 28.3 Å². The van der Waals surface area contributed by atoms with Crippen molar-refractivity contribution in [2.24, 2.45) is 11.8 Å². The molecule has 3 aliphatic rings. The first-order valence-electron chi connectivity index (χ1n) is 15.8. The van der Waals surface area contributed by atoms with Crippen LogP contribution in [0.5, 0.6) is 0 Å². The highest BCUT2D eigenvalue weighted by molar-refractivity contribution is 7.89. The monoisotopic (exact) mass is 676 g/mol. The molecule has 0 radical (unpaired) electrons. The number of nitrogens with one attached hydrogen (secondary N) is 1. The van der Waals surface area contributed by atoms with E-state index in [1.165, 1.54) is 17.0 Å². The topological polar surface area (TPSA) is 147 Å². The molecule has 248 valence electrons.